The molecule has 2 aromatic rings. The molecule has 0 radical (unpaired) electrons. The van der Waals surface area contributed by atoms with Crippen LogP contribution in [-0.2, 0) is 51.9 Å². The minimum atomic E-state index is -1.28. The SMILES string of the molecule is CCCCc1ccc(C(=O)OOOC(=O)OCCCOC(=O)OOOC(=O)c2ccc(CCCC)cc2)cc1. The molecule has 0 atom stereocenters. The van der Waals surface area contributed by atoms with E-state index in [2.05, 4.69) is 52.9 Å². The maximum Gasteiger partial charge on any atom is 0.543 e. The van der Waals surface area contributed by atoms with E-state index in [1.807, 2.05) is 0 Å². The lowest BCUT2D eigenvalue weighted by atomic mass is 10.1. The summed E-state index contributed by atoms with van der Waals surface area (Å²) < 4.78 is 9.29. The topological polar surface area (TPSA) is 142 Å². The zero-order valence-corrected chi connectivity index (χ0v) is 21.9. The average molecular weight is 549 g/mol. The van der Waals surface area contributed by atoms with E-state index in [0.717, 1.165) is 49.7 Å². The summed E-state index contributed by atoms with van der Waals surface area (Å²) in [6.45, 7) is 3.72. The van der Waals surface area contributed by atoms with Crippen LogP contribution in [0, 0.1) is 0 Å². The molecule has 0 N–H and O–H groups in total. The van der Waals surface area contributed by atoms with Crippen LogP contribution in [0.5, 0.6) is 0 Å². The molecule has 0 saturated heterocycles. The Morgan fingerprint density at radius 2 is 0.923 bits per heavy atom. The van der Waals surface area contributed by atoms with Crippen molar-refractivity contribution < 1.29 is 58.3 Å². The summed E-state index contributed by atoms with van der Waals surface area (Å²) in [4.78, 5) is 63.7. The van der Waals surface area contributed by atoms with E-state index in [0.29, 0.717) is 0 Å². The molecule has 0 bridgehead atoms. The zero-order valence-electron chi connectivity index (χ0n) is 21.9. The third kappa shape index (κ3) is 12.8. The van der Waals surface area contributed by atoms with Crippen molar-refractivity contribution in [1.82, 2.24) is 0 Å². The smallest absolute Gasteiger partial charge is 0.432 e. The van der Waals surface area contributed by atoms with Gasteiger partial charge in [0.1, 0.15) is 0 Å². The summed E-state index contributed by atoms with van der Waals surface area (Å²) in [5.74, 6) is -1.71. The Bertz CT molecular complexity index is 950. The van der Waals surface area contributed by atoms with Gasteiger partial charge in [-0.3, -0.25) is 9.78 Å². The second-order valence-corrected chi connectivity index (χ2v) is 8.20. The van der Waals surface area contributed by atoms with Gasteiger partial charge < -0.3 is 9.47 Å². The molecule has 0 spiro atoms. The molecule has 0 aliphatic carbocycles. The molecule has 212 valence electrons. The maximum absolute atomic E-state index is 11.9. The molecule has 0 unspecified atom stereocenters. The molecule has 12 heteroatoms. The number of hydrogen-bond acceptors (Lipinski definition) is 12. The third-order valence-corrected chi connectivity index (χ3v) is 5.17. The highest BCUT2D eigenvalue weighted by Gasteiger charge is 2.14. The number of aryl methyl sites for hydroxylation is 2. The Morgan fingerprint density at radius 1 is 0.538 bits per heavy atom. The summed E-state index contributed by atoms with van der Waals surface area (Å²) in [5, 5.41) is 8.26. The monoisotopic (exact) mass is 548 g/mol. The number of benzene rings is 2. The van der Waals surface area contributed by atoms with Crippen LogP contribution in [0.2, 0.25) is 0 Å². The number of unbranched alkanes of at least 4 members (excludes halogenated alkanes) is 2. The molecule has 0 heterocycles. The summed E-state index contributed by atoms with van der Waals surface area (Å²) in [6, 6.07) is 13.5. The lowest BCUT2D eigenvalue weighted by molar-refractivity contribution is -0.452. The Hall–Kier alpha value is -4.16. The van der Waals surface area contributed by atoms with Crippen LogP contribution in [0.3, 0.4) is 0 Å². The molecule has 0 fully saturated rings. The fourth-order valence-corrected chi connectivity index (χ4v) is 3.04. The van der Waals surface area contributed by atoms with Crippen molar-refractivity contribution in [3.05, 3.63) is 70.8 Å². The standard InChI is InChI=1S/C27H32O12/c1-3-5-8-20-10-14-22(15-11-20)24(28)34-38-36-26(30)32-18-7-19-33-27(31)37-39-35-25(29)23-16-12-21(13-17-23)9-6-4-2/h10-17H,3-9,18-19H2,1-2H3. The largest absolute Gasteiger partial charge is 0.543 e. The Kier molecular flexibility index (Phi) is 14.5. The molecular formula is C27H32O12. The molecule has 2 aromatic carbocycles. The second kappa shape index (κ2) is 18.2. The number of rotatable bonds is 16. The molecule has 0 saturated carbocycles. The van der Waals surface area contributed by atoms with Gasteiger partial charge in [0.05, 0.1) is 34.4 Å². The lowest BCUT2D eigenvalue weighted by Gasteiger charge is -2.06. The highest BCUT2D eigenvalue weighted by molar-refractivity contribution is 5.89. The van der Waals surface area contributed by atoms with Crippen LogP contribution >= 0.6 is 0 Å². The van der Waals surface area contributed by atoms with Crippen LogP contribution in [0.1, 0.15) is 77.8 Å². The number of carbonyl (C=O) groups excluding carboxylic acids is 4. The van der Waals surface area contributed by atoms with E-state index in [-0.39, 0.29) is 30.8 Å². The van der Waals surface area contributed by atoms with Crippen LogP contribution in [-0.4, -0.2) is 37.5 Å². The number of hydrogen-bond donors (Lipinski definition) is 0. The third-order valence-electron chi connectivity index (χ3n) is 5.17. The first kappa shape index (κ1) is 31.1. The highest BCUT2D eigenvalue weighted by atomic mass is 17.5. The highest BCUT2D eigenvalue weighted by Crippen LogP contribution is 2.11. The van der Waals surface area contributed by atoms with Crippen LogP contribution < -0.4 is 0 Å². The predicted octanol–water partition coefficient (Wildman–Crippen LogP) is 5.78. The normalized spacial score (nSPS) is 10.3. The van der Waals surface area contributed by atoms with Crippen molar-refractivity contribution in [3.8, 4) is 0 Å². The van der Waals surface area contributed by atoms with Gasteiger partial charge in [-0.2, -0.15) is 0 Å². The van der Waals surface area contributed by atoms with E-state index < -0.39 is 24.2 Å². The summed E-state index contributed by atoms with van der Waals surface area (Å²) >= 11 is 0. The Labute approximate surface area is 225 Å². The van der Waals surface area contributed by atoms with Crippen molar-refractivity contribution in [3.63, 3.8) is 0 Å². The van der Waals surface area contributed by atoms with Gasteiger partial charge in [0, 0.05) is 6.42 Å². The molecule has 0 aliphatic heterocycles. The van der Waals surface area contributed by atoms with E-state index in [4.69, 9.17) is 0 Å². The fraction of sp³-hybridized carbons (Fsp3) is 0.407. The summed E-state index contributed by atoms with van der Waals surface area (Å²) in [5.41, 5.74) is 2.60. The molecule has 2 rings (SSSR count). The molecule has 12 nitrogen and oxygen atoms in total. The van der Waals surface area contributed by atoms with E-state index >= 15 is 0 Å². The lowest BCUT2D eigenvalue weighted by Crippen LogP contribution is -2.15. The Balaban J connectivity index is 1.49. The molecular weight excluding hydrogens is 516 g/mol. The van der Waals surface area contributed by atoms with Gasteiger partial charge >= 0.3 is 24.2 Å². The van der Waals surface area contributed by atoms with Gasteiger partial charge in [-0.15, -0.1) is 0 Å². The van der Waals surface area contributed by atoms with Crippen molar-refractivity contribution in [2.45, 2.75) is 58.8 Å². The summed E-state index contributed by atoms with van der Waals surface area (Å²) in [6.07, 6.45) is 3.50. The van der Waals surface area contributed by atoms with Crippen LogP contribution in [0.15, 0.2) is 48.5 Å². The van der Waals surface area contributed by atoms with Gasteiger partial charge in [-0.25, -0.2) is 29.0 Å². The van der Waals surface area contributed by atoms with Crippen molar-refractivity contribution in [1.29, 1.82) is 0 Å². The van der Waals surface area contributed by atoms with Crippen LogP contribution in [0.4, 0.5) is 9.59 Å². The first-order chi connectivity index (χ1) is 18.9. The molecule has 39 heavy (non-hydrogen) atoms. The fourth-order valence-electron chi connectivity index (χ4n) is 3.04. The second-order valence-electron chi connectivity index (χ2n) is 8.20. The maximum atomic E-state index is 11.9. The van der Waals surface area contributed by atoms with E-state index in [1.165, 1.54) is 0 Å². The van der Waals surface area contributed by atoms with Crippen molar-refractivity contribution in [2.24, 2.45) is 0 Å². The first-order valence-corrected chi connectivity index (χ1v) is 12.5. The average Bonchev–Trinajstić information content (AvgIpc) is 2.95. The van der Waals surface area contributed by atoms with Gasteiger partial charge in [0.2, 0.25) is 0 Å². The number of carbonyl (C=O) groups is 4. The first-order valence-electron chi connectivity index (χ1n) is 12.5. The van der Waals surface area contributed by atoms with Gasteiger partial charge in [-0.05, 0) is 61.1 Å². The summed E-state index contributed by atoms with van der Waals surface area (Å²) in [7, 11) is 0. The van der Waals surface area contributed by atoms with Crippen molar-refractivity contribution >= 4 is 24.2 Å². The van der Waals surface area contributed by atoms with Crippen LogP contribution in [0.25, 0.3) is 0 Å². The number of ether oxygens (including phenoxy) is 2. The quantitative estimate of drug-likeness (QED) is 0.109. The molecule has 0 aliphatic rings. The van der Waals surface area contributed by atoms with Gasteiger partial charge in [0.15, 0.2) is 0 Å². The predicted molar refractivity (Wildman–Crippen MR) is 133 cm³/mol. The van der Waals surface area contributed by atoms with E-state index in [9.17, 15) is 19.2 Å². The zero-order chi connectivity index (χ0) is 28.3. The minimum absolute atomic E-state index is 0.0541. The van der Waals surface area contributed by atoms with Gasteiger partial charge in [0.25, 0.3) is 0 Å². The molecule has 0 amide bonds. The minimum Gasteiger partial charge on any atom is -0.432 e. The van der Waals surface area contributed by atoms with Gasteiger partial charge in [-0.1, -0.05) is 51.0 Å². The van der Waals surface area contributed by atoms with E-state index in [1.54, 1.807) is 48.5 Å². The molecule has 0 aromatic heterocycles. The Morgan fingerprint density at radius 3 is 1.28 bits per heavy atom. The van der Waals surface area contributed by atoms with Crippen molar-refractivity contribution in [2.75, 3.05) is 13.2 Å².